The van der Waals surface area contributed by atoms with Crippen LogP contribution in [-0.4, -0.2) is 12.5 Å². The summed E-state index contributed by atoms with van der Waals surface area (Å²) in [4.78, 5) is 12.5. The summed E-state index contributed by atoms with van der Waals surface area (Å²) in [6.07, 6.45) is 4.98. The third kappa shape index (κ3) is 3.22. The highest BCUT2D eigenvalue weighted by Crippen LogP contribution is 2.37. The van der Waals surface area contributed by atoms with Crippen molar-refractivity contribution in [2.24, 2.45) is 11.1 Å². The van der Waals surface area contributed by atoms with Crippen molar-refractivity contribution >= 4 is 34.8 Å². The second kappa shape index (κ2) is 6.12. The van der Waals surface area contributed by atoms with E-state index in [2.05, 4.69) is 5.32 Å². The van der Waals surface area contributed by atoms with Gasteiger partial charge < -0.3 is 11.1 Å². The zero-order valence-electron chi connectivity index (χ0n) is 10.7. The standard InChI is InChI=1S/C14H18Cl2N2O/c15-10-4-5-12(11(16)8-10)18-13(19)14(9-17)6-2-1-3-7-14/h4-5,8H,1-3,6-7,9,17H2,(H,18,19). The summed E-state index contributed by atoms with van der Waals surface area (Å²) < 4.78 is 0. The number of carbonyl (C=O) groups is 1. The molecule has 19 heavy (non-hydrogen) atoms. The highest BCUT2D eigenvalue weighted by Gasteiger charge is 2.38. The Bertz CT molecular complexity index is 471. The maximum absolute atomic E-state index is 12.5. The number of nitrogens with one attached hydrogen (secondary N) is 1. The molecule has 0 saturated heterocycles. The van der Waals surface area contributed by atoms with Gasteiger partial charge in [0.1, 0.15) is 0 Å². The van der Waals surface area contributed by atoms with Crippen molar-refractivity contribution in [1.82, 2.24) is 0 Å². The first kappa shape index (κ1) is 14.6. The predicted octanol–water partition coefficient (Wildman–Crippen LogP) is 3.84. The lowest BCUT2D eigenvalue weighted by Gasteiger charge is -2.34. The minimum atomic E-state index is -0.443. The number of anilines is 1. The predicted molar refractivity (Wildman–Crippen MR) is 79.7 cm³/mol. The van der Waals surface area contributed by atoms with Gasteiger partial charge in [0.15, 0.2) is 0 Å². The van der Waals surface area contributed by atoms with E-state index in [1.165, 1.54) is 6.42 Å². The van der Waals surface area contributed by atoms with E-state index in [4.69, 9.17) is 28.9 Å². The first-order chi connectivity index (χ1) is 9.07. The van der Waals surface area contributed by atoms with Gasteiger partial charge in [-0.3, -0.25) is 4.79 Å². The van der Waals surface area contributed by atoms with Crippen LogP contribution in [0, 0.1) is 5.41 Å². The first-order valence-corrected chi connectivity index (χ1v) is 7.29. The number of halogens is 2. The Hall–Kier alpha value is -0.770. The maximum atomic E-state index is 12.5. The lowest BCUT2D eigenvalue weighted by atomic mass is 9.73. The number of hydrogen-bond donors (Lipinski definition) is 2. The van der Waals surface area contributed by atoms with Gasteiger partial charge in [0, 0.05) is 11.6 Å². The zero-order chi connectivity index (χ0) is 13.9. The van der Waals surface area contributed by atoms with Crippen LogP contribution in [-0.2, 0) is 4.79 Å². The molecule has 1 aliphatic carbocycles. The van der Waals surface area contributed by atoms with E-state index in [9.17, 15) is 4.79 Å². The SMILES string of the molecule is NCC1(C(=O)Nc2ccc(Cl)cc2Cl)CCCCC1. The third-order valence-electron chi connectivity index (χ3n) is 3.86. The normalized spacial score (nSPS) is 18.1. The molecular weight excluding hydrogens is 283 g/mol. The maximum Gasteiger partial charge on any atom is 0.231 e. The Kier molecular flexibility index (Phi) is 4.71. The van der Waals surface area contributed by atoms with Crippen molar-refractivity contribution < 1.29 is 4.79 Å². The minimum Gasteiger partial charge on any atom is -0.329 e. The second-order valence-corrected chi connectivity index (χ2v) is 5.97. The number of carbonyl (C=O) groups excluding carboxylic acids is 1. The molecule has 1 fully saturated rings. The van der Waals surface area contributed by atoms with Gasteiger partial charge in [-0.25, -0.2) is 0 Å². The molecule has 0 aromatic heterocycles. The van der Waals surface area contributed by atoms with Crippen LogP contribution in [0.5, 0.6) is 0 Å². The molecule has 0 aliphatic heterocycles. The van der Waals surface area contributed by atoms with E-state index < -0.39 is 5.41 Å². The molecule has 3 N–H and O–H groups in total. The van der Waals surface area contributed by atoms with E-state index in [1.54, 1.807) is 18.2 Å². The number of nitrogens with two attached hydrogens (primary N) is 1. The molecule has 0 radical (unpaired) electrons. The largest absolute Gasteiger partial charge is 0.329 e. The topological polar surface area (TPSA) is 55.1 Å². The van der Waals surface area contributed by atoms with E-state index in [0.29, 0.717) is 22.3 Å². The quantitative estimate of drug-likeness (QED) is 0.891. The van der Waals surface area contributed by atoms with Gasteiger partial charge >= 0.3 is 0 Å². The summed E-state index contributed by atoms with van der Waals surface area (Å²) in [5.74, 6) is -0.0288. The highest BCUT2D eigenvalue weighted by molar-refractivity contribution is 6.36. The van der Waals surface area contributed by atoms with Crippen LogP contribution in [0.15, 0.2) is 18.2 Å². The molecule has 0 spiro atoms. The summed E-state index contributed by atoms with van der Waals surface area (Å²) in [6.45, 7) is 0.379. The fourth-order valence-electron chi connectivity index (χ4n) is 2.60. The van der Waals surface area contributed by atoms with Gasteiger partial charge in [-0.2, -0.15) is 0 Å². The van der Waals surface area contributed by atoms with E-state index in [1.807, 2.05) is 0 Å². The van der Waals surface area contributed by atoms with Crippen molar-refractivity contribution in [3.8, 4) is 0 Å². The Labute approximate surface area is 123 Å². The smallest absolute Gasteiger partial charge is 0.231 e. The van der Waals surface area contributed by atoms with E-state index >= 15 is 0 Å². The Morgan fingerprint density at radius 1 is 1.26 bits per heavy atom. The number of benzene rings is 1. The van der Waals surface area contributed by atoms with E-state index in [-0.39, 0.29) is 5.91 Å². The summed E-state index contributed by atoms with van der Waals surface area (Å²) in [6, 6.07) is 5.05. The van der Waals surface area contributed by atoms with Crippen LogP contribution < -0.4 is 11.1 Å². The zero-order valence-corrected chi connectivity index (χ0v) is 12.2. The lowest BCUT2D eigenvalue weighted by molar-refractivity contribution is -0.126. The fraction of sp³-hybridized carbons (Fsp3) is 0.500. The van der Waals surface area contributed by atoms with Crippen LogP contribution in [0.25, 0.3) is 0 Å². The Balaban J connectivity index is 2.15. The Morgan fingerprint density at radius 2 is 1.95 bits per heavy atom. The van der Waals surface area contributed by atoms with Crippen molar-refractivity contribution in [2.75, 3.05) is 11.9 Å². The van der Waals surface area contributed by atoms with Gasteiger partial charge in [0.25, 0.3) is 0 Å². The first-order valence-electron chi connectivity index (χ1n) is 6.54. The molecule has 0 bridgehead atoms. The molecule has 104 valence electrons. The molecule has 5 heteroatoms. The molecule has 0 heterocycles. The molecule has 1 amide bonds. The number of amides is 1. The van der Waals surface area contributed by atoms with Crippen LogP contribution in [0.2, 0.25) is 10.0 Å². The monoisotopic (exact) mass is 300 g/mol. The van der Waals surface area contributed by atoms with Crippen molar-refractivity contribution in [3.05, 3.63) is 28.2 Å². The summed E-state index contributed by atoms with van der Waals surface area (Å²) >= 11 is 11.9. The third-order valence-corrected chi connectivity index (χ3v) is 4.41. The molecule has 0 unspecified atom stereocenters. The fourth-order valence-corrected chi connectivity index (χ4v) is 3.05. The number of hydrogen-bond acceptors (Lipinski definition) is 2. The average molecular weight is 301 g/mol. The molecule has 1 saturated carbocycles. The highest BCUT2D eigenvalue weighted by atomic mass is 35.5. The average Bonchev–Trinajstić information content (AvgIpc) is 2.42. The van der Waals surface area contributed by atoms with Gasteiger partial charge in [-0.05, 0) is 31.0 Å². The molecule has 0 atom stereocenters. The van der Waals surface area contributed by atoms with Crippen molar-refractivity contribution in [3.63, 3.8) is 0 Å². The van der Waals surface area contributed by atoms with Crippen LogP contribution >= 0.6 is 23.2 Å². The van der Waals surface area contributed by atoms with Gasteiger partial charge in [0.05, 0.1) is 16.1 Å². The molecule has 1 aliphatic rings. The molecule has 1 aromatic carbocycles. The molecular formula is C14H18Cl2N2O. The van der Waals surface area contributed by atoms with Gasteiger partial charge in [-0.1, -0.05) is 42.5 Å². The summed E-state index contributed by atoms with van der Waals surface area (Å²) in [7, 11) is 0. The second-order valence-electron chi connectivity index (χ2n) is 5.12. The van der Waals surface area contributed by atoms with Crippen LogP contribution in [0.1, 0.15) is 32.1 Å². The molecule has 3 nitrogen and oxygen atoms in total. The molecule has 2 rings (SSSR count). The summed E-state index contributed by atoms with van der Waals surface area (Å²) in [5, 5.41) is 3.89. The summed E-state index contributed by atoms with van der Waals surface area (Å²) in [5.41, 5.74) is 5.99. The van der Waals surface area contributed by atoms with Crippen molar-refractivity contribution in [2.45, 2.75) is 32.1 Å². The number of rotatable bonds is 3. The van der Waals surface area contributed by atoms with E-state index in [0.717, 1.165) is 25.7 Å². The van der Waals surface area contributed by atoms with Crippen LogP contribution in [0.3, 0.4) is 0 Å². The van der Waals surface area contributed by atoms with Crippen molar-refractivity contribution in [1.29, 1.82) is 0 Å². The van der Waals surface area contributed by atoms with Gasteiger partial charge in [-0.15, -0.1) is 0 Å². The van der Waals surface area contributed by atoms with Gasteiger partial charge in [0.2, 0.25) is 5.91 Å². The molecule has 1 aromatic rings. The minimum absolute atomic E-state index is 0.0288. The van der Waals surface area contributed by atoms with Crippen LogP contribution in [0.4, 0.5) is 5.69 Å². The lowest BCUT2D eigenvalue weighted by Crippen LogP contribution is -2.43. The Morgan fingerprint density at radius 3 is 2.53 bits per heavy atom.